The fraction of sp³-hybridized carbons (Fsp3) is 0.538. The van der Waals surface area contributed by atoms with Gasteiger partial charge in [-0.3, -0.25) is 0 Å². The Hall–Kier alpha value is -0.620. The summed E-state index contributed by atoms with van der Waals surface area (Å²) < 4.78 is 17.4. The van der Waals surface area contributed by atoms with Crippen LogP contribution in [0.5, 0.6) is 5.75 Å². The smallest absolute Gasteiger partial charge is 0.120 e. The van der Waals surface area contributed by atoms with Crippen LogP contribution >= 0.6 is 15.9 Å². The van der Waals surface area contributed by atoms with Crippen LogP contribution in [-0.4, -0.2) is 40.1 Å². The van der Waals surface area contributed by atoms with E-state index in [1.807, 2.05) is 25.2 Å². The maximum Gasteiger partial charge on any atom is 0.120 e. The number of halogens is 1. The number of hydrogen-bond acceptors (Lipinski definition) is 4. The van der Waals surface area contributed by atoms with Gasteiger partial charge in [-0.2, -0.15) is 0 Å². The number of nitrogens with one attached hydrogen (secondary N) is 1. The van der Waals surface area contributed by atoms with Gasteiger partial charge < -0.3 is 19.5 Å². The van der Waals surface area contributed by atoms with E-state index in [9.17, 15) is 0 Å². The molecule has 100 valence electrons. The zero-order valence-electron chi connectivity index (χ0n) is 10.6. The third-order valence-electron chi connectivity index (χ3n) is 3.07. The Morgan fingerprint density at radius 2 is 2.28 bits per heavy atom. The van der Waals surface area contributed by atoms with Gasteiger partial charge in [-0.1, -0.05) is 22.0 Å². The second-order valence-corrected chi connectivity index (χ2v) is 4.99. The summed E-state index contributed by atoms with van der Waals surface area (Å²) in [6, 6.07) is 6.06. The average molecular weight is 316 g/mol. The molecule has 0 amide bonds. The van der Waals surface area contributed by atoms with E-state index in [-0.39, 0.29) is 12.1 Å². The molecule has 2 atom stereocenters. The number of ether oxygens (including phenoxy) is 3. The molecule has 2 rings (SSSR count). The second kappa shape index (κ2) is 6.52. The standard InChI is InChI=1S/C13H18BrNO3/c1-15-13(12-8-17-5-6-18-12)10-4-3-9(16-2)7-11(10)14/h3-4,7,12-13,15H,5-6,8H2,1-2H3. The van der Waals surface area contributed by atoms with Crippen molar-refractivity contribution in [3.8, 4) is 5.75 Å². The van der Waals surface area contributed by atoms with Crippen molar-refractivity contribution in [1.29, 1.82) is 0 Å². The molecule has 0 aromatic heterocycles. The van der Waals surface area contributed by atoms with Crippen LogP contribution in [-0.2, 0) is 9.47 Å². The summed E-state index contributed by atoms with van der Waals surface area (Å²) in [7, 11) is 3.59. The highest BCUT2D eigenvalue weighted by molar-refractivity contribution is 9.10. The Morgan fingerprint density at radius 3 is 2.83 bits per heavy atom. The van der Waals surface area contributed by atoms with Gasteiger partial charge in [0.05, 0.1) is 33.0 Å². The Labute approximate surface area is 116 Å². The van der Waals surface area contributed by atoms with Crippen molar-refractivity contribution in [2.24, 2.45) is 0 Å². The van der Waals surface area contributed by atoms with E-state index < -0.39 is 0 Å². The molecule has 1 heterocycles. The minimum absolute atomic E-state index is 0.0356. The first-order valence-electron chi connectivity index (χ1n) is 5.96. The monoisotopic (exact) mass is 315 g/mol. The average Bonchev–Trinajstić information content (AvgIpc) is 2.42. The molecular formula is C13H18BrNO3. The lowest BCUT2D eigenvalue weighted by Gasteiger charge is -2.31. The van der Waals surface area contributed by atoms with E-state index in [1.165, 1.54) is 0 Å². The zero-order valence-corrected chi connectivity index (χ0v) is 12.2. The quantitative estimate of drug-likeness (QED) is 0.924. The van der Waals surface area contributed by atoms with E-state index in [0.29, 0.717) is 19.8 Å². The third kappa shape index (κ3) is 3.03. The maximum absolute atomic E-state index is 5.76. The summed E-state index contributed by atoms with van der Waals surface area (Å²) in [6.07, 6.45) is 0.0356. The molecule has 1 aliphatic heterocycles. The molecule has 0 saturated carbocycles. The highest BCUT2D eigenvalue weighted by Gasteiger charge is 2.26. The Morgan fingerprint density at radius 1 is 1.44 bits per heavy atom. The largest absolute Gasteiger partial charge is 0.497 e. The Balaban J connectivity index is 2.20. The van der Waals surface area contributed by atoms with Gasteiger partial charge in [0.25, 0.3) is 0 Å². The summed E-state index contributed by atoms with van der Waals surface area (Å²) in [5.74, 6) is 0.835. The van der Waals surface area contributed by atoms with Crippen LogP contribution < -0.4 is 10.1 Å². The second-order valence-electron chi connectivity index (χ2n) is 4.14. The zero-order chi connectivity index (χ0) is 13.0. The SMILES string of the molecule is CNC(c1ccc(OC)cc1Br)C1COCCO1. The van der Waals surface area contributed by atoms with Crippen LogP contribution in [0.4, 0.5) is 0 Å². The fourth-order valence-corrected chi connectivity index (χ4v) is 2.73. The van der Waals surface area contributed by atoms with Gasteiger partial charge in [0.2, 0.25) is 0 Å². The van der Waals surface area contributed by atoms with Crippen molar-refractivity contribution < 1.29 is 14.2 Å². The van der Waals surface area contributed by atoms with Gasteiger partial charge in [-0.15, -0.1) is 0 Å². The lowest BCUT2D eigenvalue weighted by molar-refractivity contribution is -0.101. The Kier molecular flexibility index (Phi) is 5.00. The van der Waals surface area contributed by atoms with E-state index in [4.69, 9.17) is 14.2 Å². The van der Waals surface area contributed by atoms with Crippen molar-refractivity contribution >= 4 is 15.9 Å². The number of likely N-dealkylation sites (N-methyl/N-ethyl adjacent to an activating group) is 1. The summed E-state index contributed by atoms with van der Waals surface area (Å²) >= 11 is 3.58. The summed E-state index contributed by atoms with van der Waals surface area (Å²) in [4.78, 5) is 0. The lowest BCUT2D eigenvalue weighted by atomic mass is 10.0. The van der Waals surface area contributed by atoms with E-state index >= 15 is 0 Å². The minimum Gasteiger partial charge on any atom is -0.497 e. The molecule has 1 saturated heterocycles. The highest BCUT2D eigenvalue weighted by atomic mass is 79.9. The molecule has 0 bridgehead atoms. The molecule has 0 spiro atoms. The van der Waals surface area contributed by atoms with Crippen LogP contribution in [0.25, 0.3) is 0 Å². The molecule has 1 aromatic carbocycles. The molecule has 2 unspecified atom stereocenters. The molecule has 0 radical (unpaired) electrons. The van der Waals surface area contributed by atoms with E-state index in [2.05, 4.69) is 21.2 Å². The van der Waals surface area contributed by atoms with E-state index in [0.717, 1.165) is 15.8 Å². The molecule has 5 heteroatoms. The van der Waals surface area contributed by atoms with Crippen LogP contribution in [0, 0.1) is 0 Å². The van der Waals surface area contributed by atoms with Gasteiger partial charge in [0.15, 0.2) is 0 Å². The third-order valence-corrected chi connectivity index (χ3v) is 3.75. The van der Waals surface area contributed by atoms with Gasteiger partial charge >= 0.3 is 0 Å². The van der Waals surface area contributed by atoms with Gasteiger partial charge in [0, 0.05) is 4.47 Å². The topological polar surface area (TPSA) is 39.7 Å². The van der Waals surface area contributed by atoms with E-state index in [1.54, 1.807) is 7.11 Å². The van der Waals surface area contributed by atoms with Crippen LogP contribution in [0.15, 0.2) is 22.7 Å². The molecule has 1 N–H and O–H groups in total. The van der Waals surface area contributed by atoms with Crippen molar-refractivity contribution in [3.63, 3.8) is 0 Å². The summed E-state index contributed by atoms with van der Waals surface area (Å²) in [6.45, 7) is 1.94. The number of hydrogen-bond donors (Lipinski definition) is 1. The van der Waals surface area contributed by atoms with Crippen molar-refractivity contribution in [2.45, 2.75) is 12.1 Å². The van der Waals surface area contributed by atoms with Crippen LogP contribution in [0.3, 0.4) is 0 Å². The Bertz CT molecular complexity index is 394. The van der Waals surface area contributed by atoms with Gasteiger partial charge in [-0.05, 0) is 24.7 Å². The predicted molar refractivity (Wildman–Crippen MR) is 73.1 cm³/mol. The van der Waals surface area contributed by atoms with Gasteiger partial charge in [0.1, 0.15) is 11.9 Å². The number of benzene rings is 1. The van der Waals surface area contributed by atoms with Gasteiger partial charge in [-0.25, -0.2) is 0 Å². The maximum atomic E-state index is 5.76. The summed E-state index contributed by atoms with van der Waals surface area (Å²) in [5.41, 5.74) is 1.15. The van der Waals surface area contributed by atoms with Crippen molar-refractivity contribution in [2.75, 3.05) is 34.0 Å². The number of methoxy groups -OCH3 is 1. The molecule has 0 aliphatic carbocycles. The van der Waals surface area contributed by atoms with Crippen LogP contribution in [0.1, 0.15) is 11.6 Å². The van der Waals surface area contributed by atoms with Crippen molar-refractivity contribution in [1.82, 2.24) is 5.32 Å². The fourth-order valence-electron chi connectivity index (χ4n) is 2.13. The first-order chi connectivity index (χ1) is 8.76. The minimum atomic E-state index is 0.0356. The lowest BCUT2D eigenvalue weighted by Crippen LogP contribution is -2.39. The molecule has 1 aliphatic rings. The number of rotatable bonds is 4. The molecule has 1 fully saturated rings. The molecule has 1 aromatic rings. The predicted octanol–water partition coefficient (Wildman–Crippen LogP) is 2.13. The normalized spacial score (nSPS) is 21.6. The molecular weight excluding hydrogens is 298 g/mol. The molecule has 4 nitrogen and oxygen atoms in total. The summed E-state index contributed by atoms with van der Waals surface area (Å²) in [5, 5.41) is 3.29. The van der Waals surface area contributed by atoms with Crippen LogP contribution in [0.2, 0.25) is 0 Å². The first kappa shape index (κ1) is 13.8. The van der Waals surface area contributed by atoms with Crippen molar-refractivity contribution in [3.05, 3.63) is 28.2 Å². The first-order valence-corrected chi connectivity index (χ1v) is 6.75. The highest BCUT2D eigenvalue weighted by Crippen LogP contribution is 2.30. The molecule has 18 heavy (non-hydrogen) atoms.